The monoisotopic (exact) mass is 746 g/mol. The fourth-order valence-electron chi connectivity index (χ4n) is 8.16. The molecule has 3 heterocycles. The molecule has 11 aromatic rings. The zero-order valence-corrected chi connectivity index (χ0v) is 31.9. The van der Waals surface area contributed by atoms with Crippen LogP contribution in [-0.2, 0) is 0 Å². The Morgan fingerprint density at radius 3 is 1.67 bits per heavy atom. The number of hydrogen-bond acceptors (Lipinski definition) is 4. The Labute approximate surface area is 334 Å². The van der Waals surface area contributed by atoms with E-state index in [9.17, 15) is 0 Å². The summed E-state index contributed by atoms with van der Waals surface area (Å²) in [6.45, 7) is 2.15. The Balaban J connectivity index is 1.19. The fraction of sp³-hybridized carbons (Fsp3) is 0.0192. The van der Waals surface area contributed by atoms with Crippen molar-refractivity contribution in [3.05, 3.63) is 194 Å². The van der Waals surface area contributed by atoms with Gasteiger partial charge in [0.2, 0.25) is 0 Å². The molecule has 0 amide bonds. The minimum absolute atomic E-state index is 0.615. The molecule has 0 aliphatic carbocycles. The molecule has 0 radical (unpaired) electrons. The highest BCUT2D eigenvalue weighted by molar-refractivity contribution is 7.25. The largest absolute Gasteiger partial charge is 0.309 e. The van der Waals surface area contributed by atoms with Crippen molar-refractivity contribution >= 4 is 53.3 Å². The first-order valence-corrected chi connectivity index (χ1v) is 20.0. The van der Waals surface area contributed by atoms with Gasteiger partial charge in [0.15, 0.2) is 17.5 Å². The number of fused-ring (bicyclic) bond motifs is 6. The summed E-state index contributed by atoms with van der Waals surface area (Å²) in [4.78, 5) is 15.6. The van der Waals surface area contributed by atoms with Crippen molar-refractivity contribution in [1.29, 1.82) is 0 Å². The second kappa shape index (κ2) is 13.5. The highest BCUT2D eigenvalue weighted by atomic mass is 32.1. The van der Waals surface area contributed by atoms with Gasteiger partial charge in [-0.3, -0.25) is 0 Å². The maximum Gasteiger partial charge on any atom is 0.166 e. The zero-order valence-electron chi connectivity index (χ0n) is 31.1. The molecule has 0 saturated heterocycles. The van der Waals surface area contributed by atoms with Gasteiger partial charge in [-0.2, -0.15) is 0 Å². The van der Waals surface area contributed by atoms with Crippen molar-refractivity contribution in [1.82, 2.24) is 19.5 Å². The Morgan fingerprint density at radius 1 is 0.368 bits per heavy atom. The average Bonchev–Trinajstić information content (AvgIpc) is 3.82. The van der Waals surface area contributed by atoms with Gasteiger partial charge in [-0.05, 0) is 77.7 Å². The van der Waals surface area contributed by atoms with Gasteiger partial charge in [0.05, 0.1) is 16.7 Å². The van der Waals surface area contributed by atoms with Crippen LogP contribution in [0, 0.1) is 6.92 Å². The SMILES string of the molecule is Cc1cccc(-c2ccc3c(c2)c2ccccc2n3-c2ccc(-c3ccc4sc5ccccc5c4c3)cc2-c2nc(-c3ccccc3)nc(-c3ccccc3)n2)c1. The van der Waals surface area contributed by atoms with Gasteiger partial charge in [-0.1, -0.05) is 145 Å². The average molecular weight is 747 g/mol. The summed E-state index contributed by atoms with van der Waals surface area (Å²) in [6, 6.07) is 66.9. The molecule has 268 valence electrons. The van der Waals surface area contributed by atoms with E-state index >= 15 is 0 Å². The molecule has 0 saturated carbocycles. The molecule has 5 heteroatoms. The molecule has 0 aliphatic heterocycles. The van der Waals surface area contributed by atoms with Crippen molar-refractivity contribution < 1.29 is 0 Å². The minimum Gasteiger partial charge on any atom is -0.309 e. The second-order valence-corrected chi connectivity index (χ2v) is 15.6. The summed E-state index contributed by atoms with van der Waals surface area (Å²) < 4.78 is 4.96. The smallest absolute Gasteiger partial charge is 0.166 e. The van der Waals surface area contributed by atoms with E-state index in [0.717, 1.165) is 44.5 Å². The second-order valence-electron chi connectivity index (χ2n) is 14.5. The van der Waals surface area contributed by atoms with Gasteiger partial charge in [0.25, 0.3) is 0 Å². The van der Waals surface area contributed by atoms with Crippen LogP contribution in [0.25, 0.3) is 104 Å². The topological polar surface area (TPSA) is 43.6 Å². The molecule has 57 heavy (non-hydrogen) atoms. The van der Waals surface area contributed by atoms with Crippen LogP contribution in [0.4, 0.5) is 0 Å². The van der Waals surface area contributed by atoms with E-state index in [1.165, 1.54) is 47.6 Å². The van der Waals surface area contributed by atoms with Crippen molar-refractivity contribution in [2.75, 3.05) is 0 Å². The van der Waals surface area contributed by atoms with E-state index in [2.05, 4.69) is 163 Å². The number of benzene rings is 8. The third-order valence-corrected chi connectivity index (χ3v) is 12.1. The van der Waals surface area contributed by atoms with E-state index in [4.69, 9.17) is 15.0 Å². The van der Waals surface area contributed by atoms with Gasteiger partial charge in [0, 0.05) is 47.6 Å². The number of aromatic nitrogens is 4. The number of nitrogens with zero attached hydrogens (tertiary/aromatic N) is 4. The first kappa shape index (κ1) is 33.2. The van der Waals surface area contributed by atoms with Gasteiger partial charge in [-0.15, -0.1) is 11.3 Å². The summed E-state index contributed by atoms with van der Waals surface area (Å²) in [7, 11) is 0. The van der Waals surface area contributed by atoms with Crippen molar-refractivity contribution in [2.45, 2.75) is 6.92 Å². The molecule has 0 spiro atoms. The summed E-state index contributed by atoms with van der Waals surface area (Å²) in [5, 5.41) is 4.94. The van der Waals surface area contributed by atoms with Crippen molar-refractivity contribution in [2.24, 2.45) is 0 Å². The molecular formula is C52H34N4S. The van der Waals surface area contributed by atoms with Crippen LogP contribution in [-0.4, -0.2) is 19.5 Å². The number of hydrogen-bond donors (Lipinski definition) is 0. The van der Waals surface area contributed by atoms with Gasteiger partial charge < -0.3 is 4.57 Å². The highest BCUT2D eigenvalue weighted by Gasteiger charge is 2.21. The Morgan fingerprint density at radius 2 is 0.912 bits per heavy atom. The molecule has 0 unspecified atom stereocenters. The number of para-hydroxylation sites is 1. The maximum absolute atomic E-state index is 5.28. The molecule has 4 nitrogen and oxygen atoms in total. The fourth-order valence-corrected chi connectivity index (χ4v) is 9.25. The zero-order chi connectivity index (χ0) is 37.9. The molecule has 3 aromatic heterocycles. The van der Waals surface area contributed by atoms with Crippen molar-refractivity contribution in [3.63, 3.8) is 0 Å². The first-order valence-electron chi connectivity index (χ1n) is 19.2. The highest BCUT2D eigenvalue weighted by Crippen LogP contribution is 2.41. The summed E-state index contributed by atoms with van der Waals surface area (Å²) in [6.07, 6.45) is 0. The van der Waals surface area contributed by atoms with E-state index in [1.54, 1.807) is 0 Å². The Bertz CT molecular complexity index is 3250. The summed E-state index contributed by atoms with van der Waals surface area (Å²) in [5.74, 6) is 1.88. The minimum atomic E-state index is 0.615. The van der Waals surface area contributed by atoms with Crippen LogP contribution < -0.4 is 0 Å². The third kappa shape index (κ3) is 5.79. The molecule has 0 bridgehead atoms. The van der Waals surface area contributed by atoms with Crippen LogP contribution in [0.15, 0.2) is 188 Å². The lowest BCUT2D eigenvalue weighted by atomic mass is 9.99. The molecule has 11 rings (SSSR count). The standard InChI is InChI=1S/C52H34N4S/c1-33-13-12-18-36(29-33)37-23-26-46-42(30-37)40-19-8-10-21-45(40)56(46)47-27-24-38(39-25-28-49-43(31-39)41-20-9-11-22-48(41)57-49)32-44(47)52-54-50(34-14-4-2-5-15-34)53-51(55-52)35-16-6-3-7-17-35/h2-32H,1H3. The van der Waals surface area contributed by atoms with Crippen LogP contribution in [0.1, 0.15) is 5.56 Å². The normalized spacial score (nSPS) is 11.6. The molecule has 8 aromatic carbocycles. The number of aryl methyl sites for hydroxylation is 1. The van der Waals surface area contributed by atoms with Gasteiger partial charge in [-0.25, -0.2) is 15.0 Å². The van der Waals surface area contributed by atoms with E-state index < -0.39 is 0 Å². The lowest BCUT2D eigenvalue weighted by molar-refractivity contribution is 1.06. The van der Waals surface area contributed by atoms with Crippen LogP contribution in [0.3, 0.4) is 0 Å². The molecule has 0 fully saturated rings. The van der Waals surface area contributed by atoms with Crippen LogP contribution in [0.5, 0.6) is 0 Å². The summed E-state index contributed by atoms with van der Waals surface area (Å²) >= 11 is 1.84. The lowest BCUT2D eigenvalue weighted by Crippen LogP contribution is -2.04. The van der Waals surface area contributed by atoms with Crippen molar-refractivity contribution in [3.8, 4) is 62.1 Å². The molecule has 0 N–H and O–H groups in total. The first-order chi connectivity index (χ1) is 28.1. The number of rotatable bonds is 6. The van der Waals surface area contributed by atoms with E-state index in [0.29, 0.717) is 17.5 Å². The predicted molar refractivity (Wildman–Crippen MR) is 239 cm³/mol. The van der Waals surface area contributed by atoms with Gasteiger partial charge in [0.1, 0.15) is 0 Å². The maximum atomic E-state index is 5.28. The third-order valence-electron chi connectivity index (χ3n) is 10.9. The van der Waals surface area contributed by atoms with E-state index in [1.807, 2.05) is 47.7 Å². The summed E-state index contributed by atoms with van der Waals surface area (Å²) in [5.41, 5.74) is 11.9. The number of thiophene rings is 1. The predicted octanol–water partition coefficient (Wildman–Crippen LogP) is 14.0. The molecule has 0 aliphatic rings. The molecule has 0 atom stereocenters. The Hall–Kier alpha value is -7.21. The lowest BCUT2D eigenvalue weighted by Gasteiger charge is -2.16. The van der Waals surface area contributed by atoms with Gasteiger partial charge >= 0.3 is 0 Å². The van der Waals surface area contributed by atoms with E-state index in [-0.39, 0.29) is 0 Å². The van der Waals surface area contributed by atoms with Crippen LogP contribution in [0.2, 0.25) is 0 Å². The Kier molecular flexibility index (Phi) is 7.86. The quantitative estimate of drug-likeness (QED) is 0.170. The van der Waals surface area contributed by atoms with Crippen LogP contribution >= 0.6 is 11.3 Å². The molecular weight excluding hydrogens is 713 g/mol.